The van der Waals surface area contributed by atoms with Crippen LogP contribution in [0.4, 0.5) is 11.4 Å². The highest BCUT2D eigenvalue weighted by atomic mass is 32.2. The van der Waals surface area contributed by atoms with Gasteiger partial charge >= 0.3 is 0 Å². The van der Waals surface area contributed by atoms with Gasteiger partial charge in [0.05, 0.1) is 0 Å². The minimum Gasteiger partial charge on any atom is -0.372 e. The van der Waals surface area contributed by atoms with E-state index < -0.39 is 0 Å². The summed E-state index contributed by atoms with van der Waals surface area (Å²) in [6, 6.07) is 15.7. The van der Waals surface area contributed by atoms with Crippen LogP contribution in [-0.4, -0.2) is 26.2 Å². The second kappa shape index (κ2) is 9.03. The molecule has 0 saturated heterocycles. The van der Waals surface area contributed by atoms with Crippen molar-refractivity contribution in [1.29, 1.82) is 0 Å². The van der Waals surface area contributed by atoms with Crippen molar-refractivity contribution >= 4 is 23.1 Å². The van der Waals surface area contributed by atoms with Gasteiger partial charge in [0.25, 0.3) is 0 Å². The molecule has 0 aliphatic heterocycles. The largest absolute Gasteiger partial charge is 0.372 e. The SMILES string of the molecule is CCN(CC)c1cccc(Sc2ccc(N(CC)CC)c(C)c2)c1. The Bertz CT molecular complexity index is 646. The first kappa shape index (κ1) is 18.7. The summed E-state index contributed by atoms with van der Waals surface area (Å²) in [5, 5.41) is 0. The van der Waals surface area contributed by atoms with Crippen LogP contribution in [-0.2, 0) is 0 Å². The molecule has 0 fully saturated rings. The molecule has 0 unspecified atom stereocenters. The van der Waals surface area contributed by atoms with Gasteiger partial charge in [0, 0.05) is 47.3 Å². The molecule has 24 heavy (non-hydrogen) atoms. The summed E-state index contributed by atoms with van der Waals surface area (Å²) in [4.78, 5) is 7.40. The van der Waals surface area contributed by atoms with E-state index in [1.54, 1.807) is 0 Å². The molecule has 0 bridgehead atoms. The first-order chi connectivity index (χ1) is 11.6. The molecule has 0 aromatic heterocycles. The van der Waals surface area contributed by atoms with Crippen LogP contribution < -0.4 is 9.80 Å². The van der Waals surface area contributed by atoms with E-state index in [-0.39, 0.29) is 0 Å². The maximum Gasteiger partial charge on any atom is 0.0396 e. The van der Waals surface area contributed by atoms with Crippen molar-refractivity contribution in [1.82, 2.24) is 0 Å². The van der Waals surface area contributed by atoms with Crippen molar-refractivity contribution in [3.05, 3.63) is 48.0 Å². The topological polar surface area (TPSA) is 6.48 Å². The molecule has 0 atom stereocenters. The number of nitrogens with zero attached hydrogens (tertiary/aromatic N) is 2. The van der Waals surface area contributed by atoms with Crippen molar-refractivity contribution in [2.24, 2.45) is 0 Å². The molecular formula is C21H30N2S. The van der Waals surface area contributed by atoms with Crippen LogP contribution in [0.5, 0.6) is 0 Å². The second-order valence-corrected chi connectivity index (χ2v) is 7.04. The standard InChI is InChI=1S/C21H30N2S/c1-6-22(7-2)18-11-10-12-19(16-18)24-20-13-14-21(17(5)15-20)23(8-3)9-4/h10-16H,6-9H2,1-5H3. The van der Waals surface area contributed by atoms with E-state index in [1.807, 2.05) is 11.8 Å². The van der Waals surface area contributed by atoms with Gasteiger partial charge in [0.1, 0.15) is 0 Å². The van der Waals surface area contributed by atoms with Crippen molar-refractivity contribution in [2.75, 3.05) is 36.0 Å². The van der Waals surface area contributed by atoms with Gasteiger partial charge in [0.15, 0.2) is 0 Å². The lowest BCUT2D eigenvalue weighted by Crippen LogP contribution is -2.22. The van der Waals surface area contributed by atoms with Crippen molar-refractivity contribution in [3.8, 4) is 0 Å². The molecule has 130 valence electrons. The van der Waals surface area contributed by atoms with Crippen molar-refractivity contribution < 1.29 is 0 Å². The summed E-state index contributed by atoms with van der Waals surface area (Å²) < 4.78 is 0. The van der Waals surface area contributed by atoms with Gasteiger partial charge in [-0.05, 0) is 76.6 Å². The quantitative estimate of drug-likeness (QED) is 0.595. The summed E-state index contributed by atoms with van der Waals surface area (Å²) in [6.45, 7) is 15.2. The molecule has 0 N–H and O–H groups in total. The molecule has 0 aliphatic rings. The summed E-state index contributed by atoms with van der Waals surface area (Å²) >= 11 is 1.84. The normalized spacial score (nSPS) is 10.7. The van der Waals surface area contributed by atoms with E-state index >= 15 is 0 Å². The number of hydrogen-bond acceptors (Lipinski definition) is 3. The predicted octanol–water partition coefficient (Wildman–Crippen LogP) is 5.84. The molecule has 0 aliphatic carbocycles. The Balaban J connectivity index is 2.20. The Hall–Kier alpha value is -1.61. The van der Waals surface area contributed by atoms with E-state index in [4.69, 9.17) is 0 Å². The minimum absolute atomic E-state index is 1.04. The molecule has 2 nitrogen and oxygen atoms in total. The number of anilines is 2. The van der Waals surface area contributed by atoms with Gasteiger partial charge in [-0.1, -0.05) is 17.8 Å². The van der Waals surface area contributed by atoms with E-state index in [0.717, 1.165) is 26.2 Å². The molecular weight excluding hydrogens is 312 g/mol. The zero-order valence-corrected chi connectivity index (χ0v) is 16.5. The monoisotopic (exact) mass is 342 g/mol. The Labute approximate surface area is 151 Å². The van der Waals surface area contributed by atoms with Crippen molar-refractivity contribution in [2.45, 2.75) is 44.4 Å². The lowest BCUT2D eigenvalue weighted by molar-refractivity contribution is 0.860. The van der Waals surface area contributed by atoms with Crippen LogP contribution in [0.2, 0.25) is 0 Å². The summed E-state index contributed by atoms with van der Waals surface area (Å²) in [7, 11) is 0. The summed E-state index contributed by atoms with van der Waals surface area (Å²) in [5.74, 6) is 0. The number of aryl methyl sites for hydroxylation is 1. The second-order valence-electron chi connectivity index (χ2n) is 5.89. The van der Waals surface area contributed by atoms with Gasteiger partial charge in [-0.3, -0.25) is 0 Å². The van der Waals surface area contributed by atoms with Crippen LogP contribution in [0.1, 0.15) is 33.3 Å². The van der Waals surface area contributed by atoms with Crippen LogP contribution in [0.25, 0.3) is 0 Å². The van der Waals surface area contributed by atoms with Crippen LogP contribution in [0, 0.1) is 6.92 Å². The lowest BCUT2D eigenvalue weighted by atomic mass is 10.2. The summed E-state index contributed by atoms with van der Waals surface area (Å²) in [5.41, 5.74) is 4.01. The third kappa shape index (κ3) is 4.47. The van der Waals surface area contributed by atoms with E-state index in [9.17, 15) is 0 Å². The highest BCUT2D eigenvalue weighted by Gasteiger charge is 2.08. The third-order valence-corrected chi connectivity index (χ3v) is 5.43. The number of benzene rings is 2. The Morgan fingerprint density at radius 2 is 1.38 bits per heavy atom. The fourth-order valence-corrected chi connectivity index (χ4v) is 4.05. The fraction of sp³-hybridized carbons (Fsp3) is 0.429. The molecule has 0 radical (unpaired) electrons. The van der Waals surface area contributed by atoms with E-state index in [0.29, 0.717) is 0 Å². The van der Waals surface area contributed by atoms with Gasteiger partial charge in [-0.15, -0.1) is 0 Å². The average molecular weight is 343 g/mol. The maximum atomic E-state index is 2.41. The maximum absolute atomic E-state index is 2.41. The smallest absolute Gasteiger partial charge is 0.0396 e. The van der Waals surface area contributed by atoms with Gasteiger partial charge in [-0.25, -0.2) is 0 Å². The molecule has 0 spiro atoms. The number of hydrogen-bond donors (Lipinski definition) is 0. The average Bonchev–Trinajstić information content (AvgIpc) is 2.59. The highest BCUT2D eigenvalue weighted by Crippen LogP contribution is 2.33. The lowest BCUT2D eigenvalue weighted by Gasteiger charge is -2.23. The van der Waals surface area contributed by atoms with Gasteiger partial charge in [0.2, 0.25) is 0 Å². The zero-order valence-electron chi connectivity index (χ0n) is 15.7. The van der Waals surface area contributed by atoms with E-state index in [2.05, 4.69) is 86.9 Å². The predicted molar refractivity (Wildman–Crippen MR) is 109 cm³/mol. The van der Waals surface area contributed by atoms with Crippen LogP contribution in [0.3, 0.4) is 0 Å². The Kier molecular flexibility index (Phi) is 7.04. The van der Waals surface area contributed by atoms with Gasteiger partial charge < -0.3 is 9.80 Å². The Morgan fingerprint density at radius 3 is 1.96 bits per heavy atom. The molecule has 3 heteroatoms. The zero-order chi connectivity index (χ0) is 17.5. The first-order valence-corrected chi connectivity index (χ1v) is 9.82. The van der Waals surface area contributed by atoms with Crippen LogP contribution in [0.15, 0.2) is 52.3 Å². The first-order valence-electron chi connectivity index (χ1n) is 9.01. The Morgan fingerprint density at radius 1 is 0.750 bits per heavy atom. The number of rotatable bonds is 8. The van der Waals surface area contributed by atoms with Gasteiger partial charge in [-0.2, -0.15) is 0 Å². The highest BCUT2D eigenvalue weighted by molar-refractivity contribution is 7.99. The molecule has 2 aromatic rings. The molecule has 2 aromatic carbocycles. The molecule has 0 amide bonds. The fourth-order valence-electron chi connectivity index (χ4n) is 3.08. The molecule has 0 heterocycles. The van der Waals surface area contributed by atoms with E-state index in [1.165, 1.54) is 26.7 Å². The summed E-state index contributed by atoms with van der Waals surface area (Å²) in [6.07, 6.45) is 0. The third-order valence-electron chi connectivity index (χ3n) is 4.45. The van der Waals surface area contributed by atoms with Crippen LogP contribution >= 0.6 is 11.8 Å². The molecule has 2 rings (SSSR count). The molecule has 0 saturated carbocycles. The minimum atomic E-state index is 1.04. The van der Waals surface area contributed by atoms with Crippen molar-refractivity contribution in [3.63, 3.8) is 0 Å².